The summed E-state index contributed by atoms with van der Waals surface area (Å²) in [5.41, 5.74) is 0. The Morgan fingerprint density at radius 1 is 1.53 bits per heavy atom. The Balaban J connectivity index is 2.05. The van der Waals surface area contributed by atoms with Crippen LogP contribution in [0.25, 0.3) is 0 Å². The van der Waals surface area contributed by atoms with Crippen LogP contribution >= 0.6 is 0 Å². The molecule has 3 unspecified atom stereocenters. The minimum absolute atomic E-state index is 0.0970. The molecule has 1 aliphatic rings. The predicted octanol–water partition coefficient (Wildman–Crippen LogP) is 1.58. The molecule has 17 heavy (non-hydrogen) atoms. The molecule has 5 heteroatoms. The zero-order chi connectivity index (χ0) is 12.6. The summed E-state index contributed by atoms with van der Waals surface area (Å²) < 4.78 is 0. The van der Waals surface area contributed by atoms with Crippen LogP contribution in [0.2, 0.25) is 0 Å². The number of rotatable bonds is 4. The molecule has 5 nitrogen and oxygen atoms in total. The summed E-state index contributed by atoms with van der Waals surface area (Å²) in [5, 5.41) is 10.0. The maximum Gasteiger partial charge on any atom is 0.223 e. The maximum absolute atomic E-state index is 11.9. The zero-order valence-electron chi connectivity index (χ0n) is 10.8. The summed E-state index contributed by atoms with van der Waals surface area (Å²) in [4.78, 5) is 16.2. The van der Waals surface area contributed by atoms with Gasteiger partial charge in [0.15, 0.2) is 5.82 Å². The van der Waals surface area contributed by atoms with Crippen LogP contribution in [0.1, 0.15) is 44.9 Å². The Hall–Kier alpha value is -1.39. The van der Waals surface area contributed by atoms with Crippen LogP contribution in [0.15, 0.2) is 0 Å². The number of aryl methyl sites for hydroxylation is 1. The molecule has 1 aromatic rings. The molecular weight excluding hydrogens is 216 g/mol. The first kappa shape index (κ1) is 12.1. The quantitative estimate of drug-likeness (QED) is 0.833. The Bertz CT molecular complexity index is 412. The van der Waals surface area contributed by atoms with Gasteiger partial charge < -0.3 is 5.32 Å². The second kappa shape index (κ2) is 4.47. The predicted molar refractivity (Wildman–Crippen MR) is 64.1 cm³/mol. The summed E-state index contributed by atoms with van der Waals surface area (Å²) in [5.74, 6) is 2.59. The zero-order valence-corrected chi connectivity index (χ0v) is 10.8. The van der Waals surface area contributed by atoms with E-state index in [1.165, 1.54) is 0 Å². The molecule has 0 saturated heterocycles. The summed E-state index contributed by atoms with van der Waals surface area (Å²) in [7, 11) is 0. The van der Waals surface area contributed by atoms with Gasteiger partial charge in [0.05, 0.1) is 6.04 Å². The van der Waals surface area contributed by atoms with Crippen molar-refractivity contribution < 1.29 is 4.79 Å². The van der Waals surface area contributed by atoms with Crippen LogP contribution < -0.4 is 5.32 Å². The lowest BCUT2D eigenvalue weighted by molar-refractivity contribution is -0.123. The molecular formula is C12H20N4O. The number of nitrogens with one attached hydrogen (secondary N) is 2. The molecule has 0 aromatic carbocycles. The van der Waals surface area contributed by atoms with Gasteiger partial charge >= 0.3 is 0 Å². The molecule has 1 aliphatic carbocycles. The van der Waals surface area contributed by atoms with E-state index < -0.39 is 0 Å². The number of carbonyl (C=O) groups is 1. The van der Waals surface area contributed by atoms with Crippen molar-refractivity contribution in [1.82, 2.24) is 20.5 Å². The molecule has 1 amide bonds. The Morgan fingerprint density at radius 3 is 2.59 bits per heavy atom. The van der Waals surface area contributed by atoms with Gasteiger partial charge in [-0.1, -0.05) is 20.8 Å². The fourth-order valence-corrected chi connectivity index (χ4v) is 1.98. The minimum atomic E-state index is -0.0970. The molecule has 0 aliphatic heterocycles. The smallest absolute Gasteiger partial charge is 0.223 e. The van der Waals surface area contributed by atoms with Gasteiger partial charge in [-0.05, 0) is 25.2 Å². The van der Waals surface area contributed by atoms with E-state index in [4.69, 9.17) is 0 Å². The SMILES string of the molecule is Cc1nc(C(NC(=O)C2CC2C)C(C)C)n[nH]1. The fraction of sp³-hybridized carbons (Fsp3) is 0.750. The highest BCUT2D eigenvalue weighted by Gasteiger charge is 2.40. The number of H-pyrrole nitrogens is 1. The summed E-state index contributed by atoms with van der Waals surface area (Å²) in [6, 6.07) is -0.0970. The number of carbonyl (C=O) groups excluding carboxylic acids is 1. The van der Waals surface area contributed by atoms with Gasteiger partial charge in [0, 0.05) is 5.92 Å². The van der Waals surface area contributed by atoms with Crippen LogP contribution in [-0.2, 0) is 4.79 Å². The van der Waals surface area contributed by atoms with Crippen molar-refractivity contribution in [2.75, 3.05) is 0 Å². The third-order valence-corrected chi connectivity index (χ3v) is 3.30. The molecule has 1 saturated carbocycles. The van der Waals surface area contributed by atoms with Crippen molar-refractivity contribution >= 4 is 5.91 Å². The van der Waals surface area contributed by atoms with Crippen LogP contribution in [0.3, 0.4) is 0 Å². The molecule has 0 spiro atoms. The van der Waals surface area contributed by atoms with Crippen LogP contribution in [0.5, 0.6) is 0 Å². The van der Waals surface area contributed by atoms with E-state index in [9.17, 15) is 4.79 Å². The lowest BCUT2D eigenvalue weighted by atomic mass is 10.0. The highest BCUT2D eigenvalue weighted by atomic mass is 16.2. The van der Waals surface area contributed by atoms with Crippen molar-refractivity contribution in [2.24, 2.45) is 17.8 Å². The van der Waals surface area contributed by atoms with Crippen molar-refractivity contribution in [2.45, 2.75) is 40.2 Å². The average molecular weight is 236 g/mol. The van der Waals surface area contributed by atoms with Gasteiger partial charge in [-0.2, -0.15) is 5.10 Å². The third-order valence-electron chi connectivity index (χ3n) is 3.30. The van der Waals surface area contributed by atoms with E-state index in [2.05, 4.69) is 41.3 Å². The molecule has 0 radical (unpaired) electrons. The Morgan fingerprint density at radius 2 is 2.18 bits per heavy atom. The van der Waals surface area contributed by atoms with Gasteiger partial charge in [0.2, 0.25) is 5.91 Å². The molecule has 2 N–H and O–H groups in total. The number of aromatic nitrogens is 3. The summed E-state index contributed by atoms with van der Waals surface area (Å²) >= 11 is 0. The molecule has 1 aromatic heterocycles. The molecule has 1 heterocycles. The molecule has 0 bridgehead atoms. The maximum atomic E-state index is 11.9. The standard InChI is InChI=1S/C12H20N4O/c1-6(2)10(11-13-8(4)15-16-11)14-12(17)9-5-7(9)3/h6-7,9-10H,5H2,1-4H3,(H,14,17)(H,13,15,16). The highest BCUT2D eigenvalue weighted by molar-refractivity contribution is 5.81. The normalized spacial score (nSPS) is 24.8. The Kier molecular flexibility index (Phi) is 3.17. The van der Waals surface area contributed by atoms with E-state index in [1.54, 1.807) is 0 Å². The topological polar surface area (TPSA) is 70.7 Å². The number of hydrogen-bond acceptors (Lipinski definition) is 3. The van der Waals surface area contributed by atoms with Gasteiger partial charge in [-0.3, -0.25) is 9.89 Å². The second-order valence-corrected chi connectivity index (χ2v) is 5.33. The number of nitrogens with zero attached hydrogens (tertiary/aromatic N) is 2. The van der Waals surface area contributed by atoms with Crippen molar-refractivity contribution in [3.8, 4) is 0 Å². The fourth-order valence-electron chi connectivity index (χ4n) is 1.98. The first-order chi connectivity index (χ1) is 7.99. The van der Waals surface area contributed by atoms with E-state index in [-0.39, 0.29) is 23.8 Å². The number of amides is 1. The summed E-state index contributed by atoms with van der Waals surface area (Å²) in [6.45, 7) is 8.09. The molecule has 1 fully saturated rings. The first-order valence-corrected chi connectivity index (χ1v) is 6.18. The van der Waals surface area contributed by atoms with Crippen molar-refractivity contribution in [1.29, 1.82) is 0 Å². The Labute approximate surface area is 101 Å². The van der Waals surface area contributed by atoms with E-state index in [0.29, 0.717) is 11.7 Å². The first-order valence-electron chi connectivity index (χ1n) is 6.18. The van der Waals surface area contributed by atoms with Gasteiger partial charge in [-0.25, -0.2) is 4.98 Å². The van der Waals surface area contributed by atoms with Gasteiger partial charge in [-0.15, -0.1) is 0 Å². The minimum Gasteiger partial charge on any atom is -0.345 e. The van der Waals surface area contributed by atoms with E-state index in [0.717, 1.165) is 12.2 Å². The van der Waals surface area contributed by atoms with E-state index in [1.807, 2.05) is 6.92 Å². The van der Waals surface area contributed by atoms with E-state index >= 15 is 0 Å². The number of aromatic amines is 1. The lowest BCUT2D eigenvalue weighted by Crippen LogP contribution is -2.33. The van der Waals surface area contributed by atoms with Crippen LogP contribution in [0.4, 0.5) is 0 Å². The van der Waals surface area contributed by atoms with Gasteiger partial charge in [0.1, 0.15) is 5.82 Å². The van der Waals surface area contributed by atoms with Crippen LogP contribution in [-0.4, -0.2) is 21.1 Å². The van der Waals surface area contributed by atoms with Gasteiger partial charge in [0.25, 0.3) is 0 Å². The highest BCUT2D eigenvalue weighted by Crippen LogP contribution is 2.38. The monoisotopic (exact) mass is 236 g/mol. The second-order valence-electron chi connectivity index (χ2n) is 5.33. The largest absolute Gasteiger partial charge is 0.345 e. The van der Waals surface area contributed by atoms with Crippen molar-refractivity contribution in [3.63, 3.8) is 0 Å². The third kappa shape index (κ3) is 2.65. The molecule has 3 atom stereocenters. The average Bonchev–Trinajstić information content (AvgIpc) is 2.83. The number of hydrogen-bond donors (Lipinski definition) is 2. The van der Waals surface area contributed by atoms with Crippen molar-refractivity contribution in [3.05, 3.63) is 11.6 Å². The lowest BCUT2D eigenvalue weighted by Gasteiger charge is -2.19. The van der Waals surface area contributed by atoms with Crippen LogP contribution in [0, 0.1) is 24.7 Å². The summed E-state index contributed by atoms with van der Waals surface area (Å²) in [6.07, 6.45) is 1.00. The molecule has 2 rings (SSSR count). The molecule has 94 valence electrons.